The molecule has 1 aliphatic heterocycles. The van der Waals surface area contributed by atoms with Crippen molar-refractivity contribution in [3.63, 3.8) is 0 Å². The largest absolute Gasteiger partial charge is 0.488 e. The van der Waals surface area contributed by atoms with E-state index >= 15 is 0 Å². The highest BCUT2D eigenvalue weighted by molar-refractivity contribution is 6.30. The minimum atomic E-state index is -1.47. The minimum Gasteiger partial charge on any atom is -0.488 e. The van der Waals surface area contributed by atoms with E-state index in [9.17, 15) is 9.90 Å². The maximum absolute atomic E-state index is 12.2. The molecule has 0 aliphatic carbocycles. The molecule has 0 saturated heterocycles. The predicted molar refractivity (Wildman–Crippen MR) is 84.1 cm³/mol. The van der Waals surface area contributed by atoms with Gasteiger partial charge >= 0.3 is 0 Å². The lowest BCUT2D eigenvalue weighted by Gasteiger charge is -2.31. The highest BCUT2D eigenvalue weighted by Gasteiger charge is 2.47. The molecule has 2 aromatic carbocycles. The second-order valence-corrected chi connectivity index (χ2v) is 5.86. The summed E-state index contributed by atoms with van der Waals surface area (Å²) < 4.78 is 5.75. The monoisotopic (exact) mass is 317 g/mol. The summed E-state index contributed by atoms with van der Waals surface area (Å²) in [6.07, 6.45) is 0. The molecule has 0 radical (unpaired) electrons. The van der Waals surface area contributed by atoms with Crippen LogP contribution in [0.25, 0.3) is 0 Å². The number of nitrogens with zero attached hydrogens (tertiary/aromatic N) is 1. The van der Waals surface area contributed by atoms with Crippen molar-refractivity contribution in [2.24, 2.45) is 0 Å². The number of rotatable bonds is 3. The Balaban J connectivity index is 1.89. The molecule has 114 valence electrons. The Morgan fingerprint density at radius 2 is 2.00 bits per heavy atom. The molecule has 1 heterocycles. The van der Waals surface area contributed by atoms with Crippen molar-refractivity contribution in [2.45, 2.75) is 12.6 Å². The summed E-state index contributed by atoms with van der Waals surface area (Å²) >= 11 is 5.92. The van der Waals surface area contributed by atoms with Crippen molar-refractivity contribution in [1.82, 2.24) is 4.90 Å². The molecule has 0 aromatic heterocycles. The summed E-state index contributed by atoms with van der Waals surface area (Å²) in [5, 5.41) is 11.6. The number of halogens is 1. The van der Waals surface area contributed by atoms with Crippen LogP contribution in [0.3, 0.4) is 0 Å². The number of aryl methyl sites for hydroxylation is 1. The summed E-state index contributed by atoms with van der Waals surface area (Å²) in [4.78, 5) is 13.5. The van der Waals surface area contributed by atoms with E-state index in [0.717, 1.165) is 5.56 Å². The fraction of sp³-hybridized carbons (Fsp3) is 0.235. The molecule has 1 unspecified atom stereocenters. The lowest BCUT2D eigenvalue weighted by Crippen LogP contribution is -2.45. The zero-order valence-corrected chi connectivity index (χ0v) is 13.1. The van der Waals surface area contributed by atoms with Gasteiger partial charge in [-0.2, -0.15) is 0 Å². The number of hydrogen-bond donors (Lipinski definition) is 1. The van der Waals surface area contributed by atoms with Crippen LogP contribution in [0.2, 0.25) is 5.02 Å². The molecule has 4 nitrogen and oxygen atoms in total. The average molecular weight is 318 g/mol. The molecular weight excluding hydrogens is 302 g/mol. The van der Waals surface area contributed by atoms with Crippen LogP contribution in [0.4, 0.5) is 0 Å². The lowest BCUT2D eigenvalue weighted by molar-refractivity contribution is -0.100. The number of hydrogen-bond acceptors (Lipinski definition) is 3. The van der Waals surface area contributed by atoms with E-state index in [1.54, 1.807) is 49.5 Å². The minimum absolute atomic E-state index is 0.0469. The Kier molecular flexibility index (Phi) is 3.59. The molecule has 3 rings (SSSR count). The van der Waals surface area contributed by atoms with Crippen LogP contribution in [0.5, 0.6) is 5.75 Å². The van der Waals surface area contributed by atoms with Gasteiger partial charge in [0.05, 0.1) is 0 Å². The van der Waals surface area contributed by atoms with Crippen LogP contribution >= 0.6 is 11.6 Å². The van der Waals surface area contributed by atoms with Crippen LogP contribution < -0.4 is 4.74 Å². The average Bonchev–Trinajstić information content (AvgIpc) is 2.70. The van der Waals surface area contributed by atoms with E-state index in [-0.39, 0.29) is 12.5 Å². The topological polar surface area (TPSA) is 49.8 Å². The molecule has 2 aromatic rings. The second kappa shape index (κ2) is 5.30. The van der Waals surface area contributed by atoms with Gasteiger partial charge in [-0.1, -0.05) is 29.8 Å². The zero-order chi connectivity index (χ0) is 15.9. The number of ether oxygens (including phenoxy) is 1. The molecule has 0 bridgehead atoms. The zero-order valence-electron chi connectivity index (χ0n) is 12.3. The number of carbonyl (C=O) groups is 1. The van der Waals surface area contributed by atoms with Gasteiger partial charge in [0.25, 0.3) is 5.91 Å². The number of likely N-dealkylation sites (N-methyl/N-ethyl adjacent to an activating group) is 1. The molecule has 1 aliphatic rings. The van der Waals surface area contributed by atoms with Gasteiger partial charge in [0.15, 0.2) is 0 Å². The Labute approximate surface area is 133 Å². The van der Waals surface area contributed by atoms with Gasteiger partial charge in [-0.25, -0.2) is 0 Å². The summed E-state index contributed by atoms with van der Waals surface area (Å²) in [5.41, 5.74) is 0.467. The second-order valence-electron chi connectivity index (χ2n) is 5.42. The van der Waals surface area contributed by atoms with Crippen LogP contribution in [0.15, 0.2) is 42.5 Å². The van der Waals surface area contributed by atoms with Crippen molar-refractivity contribution < 1.29 is 14.6 Å². The van der Waals surface area contributed by atoms with Crippen molar-refractivity contribution in [2.75, 3.05) is 13.7 Å². The third-order valence-electron chi connectivity index (χ3n) is 4.01. The van der Waals surface area contributed by atoms with Gasteiger partial charge in [0.2, 0.25) is 5.72 Å². The Morgan fingerprint density at radius 3 is 2.73 bits per heavy atom. The normalized spacial score (nSPS) is 20.2. The number of fused-ring (bicyclic) bond motifs is 1. The molecule has 0 spiro atoms. The number of carbonyl (C=O) groups excluding carboxylic acids is 1. The first kappa shape index (κ1) is 14.9. The van der Waals surface area contributed by atoms with Gasteiger partial charge in [-0.05, 0) is 36.8 Å². The molecule has 5 heteroatoms. The summed E-state index contributed by atoms with van der Waals surface area (Å²) in [5.74, 6) is 0.414. The van der Waals surface area contributed by atoms with Crippen molar-refractivity contribution in [3.8, 4) is 5.75 Å². The third kappa shape index (κ3) is 2.25. The van der Waals surface area contributed by atoms with Crippen molar-refractivity contribution in [3.05, 3.63) is 64.2 Å². The van der Waals surface area contributed by atoms with Gasteiger partial charge < -0.3 is 14.7 Å². The molecule has 1 amide bonds. The summed E-state index contributed by atoms with van der Waals surface area (Å²) in [7, 11) is 1.57. The Morgan fingerprint density at radius 1 is 1.27 bits per heavy atom. The molecule has 1 atom stereocenters. The van der Waals surface area contributed by atoms with Gasteiger partial charge in [0, 0.05) is 23.2 Å². The van der Waals surface area contributed by atoms with E-state index < -0.39 is 5.72 Å². The van der Waals surface area contributed by atoms with Gasteiger partial charge in [-0.15, -0.1) is 0 Å². The summed E-state index contributed by atoms with van der Waals surface area (Å²) in [6.45, 7) is 1.83. The highest BCUT2D eigenvalue weighted by Crippen LogP contribution is 2.36. The van der Waals surface area contributed by atoms with Crippen LogP contribution in [0.1, 0.15) is 21.5 Å². The van der Waals surface area contributed by atoms with Crippen molar-refractivity contribution in [1.29, 1.82) is 0 Å². The fourth-order valence-electron chi connectivity index (χ4n) is 2.68. The smallest absolute Gasteiger partial charge is 0.256 e. The van der Waals surface area contributed by atoms with Crippen LogP contribution in [-0.4, -0.2) is 29.6 Å². The van der Waals surface area contributed by atoms with Crippen molar-refractivity contribution >= 4 is 17.5 Å². The molecule has 0 saturated carbocycles. The number of benzene rings is 2. The lowest BCUT2D eigenvalue weighted by atomic mass is 10.0. The van der Waals surface area contributed by atoms with E-state index in [2.05, 4.69) is 0 Å². The van der Waals surface area contributed by atoms with E-state index in [0.29, 0.717) is 21.9 Å². The third-order valence-corrected chi connectivity index (χ3v) is 4.25. The van der Waals surface area contributed by atoms with Gasteiger partial charge in [0.1, 0.15) is 12.4 Å². The number of aliphatic hydroxyl groups is 1. The maximum Gasteiger partial charge on any atom is 0.256 e. The molecular formula is C17H16ClNO3. The van der Waals surface area contributed by atoms with E-state index in [1.807, 2.05) is 6.92 Å². The van der Waals surface area contributed by atoms with E-state index in [1.165, 1.54) is 4.90 Å². The highest BCUT2D eigenvalue weighted by atomic mass is 35.5. The summed E-state index contributed by atoms with van der Waals surface area (Å²) in [6, 6.07) is 12.3. The number of amides is 1. The first-order chi connectivity index (χ1) is 10.4. The van der Waals surface area contributed by atoms with Crippen LogP contribution in [-0.2, 0) is 5.72 Å². The first-order valence-electron chi connectivity index (χ1n) is 6.92. The van der Waals surface area contributed by atoms with Crippen LogP contribution in [0, 0.1) is 6.92 Å². The quantitative estimate of drug-likeness (QED) is 0.947. The maximum atomic E-state index is 12.2. The Bertz CT molecular complexity index is 746. The predicted octanol–water partition coefficient (Wildman–Crippen LogP) is 2.96. The molecule has 0 fully saturated rings. The SMILES string of the molecule is Cc1cc(Cl)ccc1OCC1(O)c2ccccc2C(=O)N1C. The fourth-order valence-corrected chi connectivity index (χ4v) is 2.90. The Hall–Kier alpha value is -2.04. The van der Waals surface area contributed by atoms with Gasteiger partial charge in [-0.3, -0.25) is 4.79 Å². The van der Waals surface area contributed by atoms with E-state index in [4.69, 9.17) is 16.3 Å². The first-order valence-corrected chi connectivity index (χ1v) is 7.30. The molecule has 22 heavy (non-hydrogen) atoms. The standard InChI is InChI=1S/C17H16ClNO3/c1-11-9-12(18)7-8-15(11)22-10-17(21)14-6-4-3-5-13(14)16(20)19(17)2/h3-9,21H,10H2,1-2H3. The molecule has 1 N–H and O–H groups in total.